The van der Waals surface area contributed by atoms with Crippen molar-refractivity contribution in [3.8, 4) is 0 Å². The number of anilines is 1. The molecule has 0 atom stereocenters. The molecular formula is C20H19F3N2O2. The van der Waals surface area contributed by atoms with Crippen molar-refractivity contribution in [2.75, 3.05) is 25.0 Å². The highest BCUT2D eigenvalue weighted by molar-refractivity contribution is 5.95. The molecule has 3 rings (SSSR count). The molecule has 4 nitrogen and oxygen atoms in total. The normalized spacial score (nSPS) is 11.6. The number of nitrogens with zero attached hydrogens (tertiary/aromatic N) is 2. The minimum absolute atomic E-state index is 0.176. The topological polar surface area (TPSA) is 36.7 Å². The van der Waals surface area contributed by atoms with E-state index < -0.39 is 18.6 Å². The van der Waals surface area contributed by atoms with Crippen molar-refractivity contribution in [3.05, 3.63) is 66.6 Å². The van der Waals surface area contributed by atoms with Gasteiger partial charge in [0.25, 0.3) is 0 Å². The highest BCUT2D eigenvalue weighted by atomic mass is 19.4. The predicted molar refractivity (Wildman–Crippen MR) is 97.4 cm³/mol. The monoisotopic (exact) mass is 376 g/mol. The van der Waals surface area contributed by atoms with E-state index >= 15 is 0 Å². The first-order chi connectivity index (χ1) is 12.8. The molecule has 142 valence electrons. The third-order valence-electron chi connectivity index (χ3n) is 4.20. The van der Waals surface area contributed by atoms with E-state index in [9.17, 15) is 18.0 Å². The third kappa shape index (κ3) is 4.81. The van der Waals surface area contributed by atoms with Crippen LogP contribution in [0.15, 0.2) is 65.3 Å². The van der Waals surface area contributed by atoms with Crippen molar-refractivity contribution in [2.24, 2.45) is 0 Å². The summed E-state index contributed by atoms with van der Waals surface area (Å²) in [6.45, 7) is -1.73. The van der Waals surface area contributed by atoms with Crippen molar-refractivity contribution in [3.63, 3.8) is 0 Å². The molecule has 0 saturated heterocycles. The van der Waals surface area contributed by atoms with Gasteiger partial charge in [0.1, 0.15) is 12.3 Å². The summed E-state index contributed by atoms with van der Waals surface area (Å²) in [5, 5.41) is 1.93. The maximum Gasteiger partial charge on any atom is 0.406 e. The van der Waals surface area contributed by atoms with Crippen LogP contribution in [0.5, 0.6) is 0 Å². The summed E-state index contributed by atoms with van der Waals surface area (Å²) in [6, 6.07) is 16.4. The van der Waals surface area contributed by atoms with E-state index in [0.717, 1.165) is 21.4 Å². The lowest BCUT2D eigenvalue weighted by Crippen LogP contribution is -2.43. The second-order valence-electron chi connectivity index (χ2n) is 6.30. The molecule has 0 N–H and O–H groups in total. The summed E-state index contributed by atoms with van der Waals surface area (Å²) < 4.78 is 43.9. The van der Waals surface area contributed by atoms with E-state index in [0.29, 0.717) is 5.76 Å². The van der Waals surface area contributed by atoms with Gasteiger partial charge in [-0.3, -0.25) is 4.79 Å². The molecule has 0 radical (unpaired) electrons. The van der Waals surface area contributed by atoms with Crippen molar-refractivity contribution in [1.82, 2.24) is 4.90 Å². The number of carbonyl (C=O) groups is 1. The fourth-order valence-electron chi connectivity index (χ4n) is 2.97. The zero-order valence-corrected chi connectivity index (χ0v) is 14.7. The molecular weight excluding hydrogens is 357 g/mol. The number of hydrogen-bond donors (Lipinski definition) is 0. The fourth-order valence-corrected chi connectivity index (χ4v) is 2.97. The Morgan fingerprint density at radius 2 is 1.78 bits per heavy atom. The van der Waals surface area contributed by atoms with Crippen LogP contribution in [0, 0.1) is 0 Å². The maximum atomic E-state index is 12.9. The Morgan fingerprint density at radius 1 is 1.04 bits per heavy atom. The third-order valence-corrected chi connectivity index (χ3v) is 4.20. The van der Waals surface area contributed by atoms with Crippen molar-refractivity contribution < 1.29 is 22.4 Å². The van der Waals surface area contributed by atoms with Gasteiger partial charge < -0.3 is 14.2 Å². The van der Waals surface area contributed by atoms with Crippen molar-refractivity contribution in [2.45, 2.75) is 12.7 Å². The van der Waals surface area contributed by atoms with Gasteiger partial charge in [0.15, 0.2) is 0 Å². The van der Waals surface area contributed by atoms with Crippen LogP contribution >= 0.6 is 0 Å². The van der Waals surface area contributed by atoms with Gasteiger partial charge in [-0.25, -0.2) is 0 Å². The van der Waals surface area contributed by atoms with Crippen molar-refractivity contribution >= 4 is 22.4 Å². The lowest BCUT2D eigenvalue weighted by atomic mass is 10.1. The Kier molecular flexibility index (Phi) is 5.39. The summed E-state index contributed by atoms with van der Waals surface area (Å²) in [5.41, 5.74) is 0.784. The van der Waals surface area contributed by atoms with Gasteiger partial charge in [-0.1, -0.05) is 36.4 Å². The van der Waals surface area contributed by atoms with Crippen LogP contribution in [0.3, 0.4) is 0 Å². The molecule has 3 aromatic rings. The second kappa shape index (κ2) is 7.73. The van der Waals surface area contributed by atoms with Gasteiger partial charge in [-0.15, -0.1) is 0 Å². The SMILES string of the molecule is CN(CC(=O)N(Cc1ccco1)CC(F)(F)F)c1cccc2ccccc12. The van der Waals surface area contributed by atoms with Crippen LogP contribution in [0.1, 0.15) is 5.76 Å². The number of likely N-dealkylation sites (N-methyl/N-ethyl adjacent to an activating group) is 1. The van der Waals surface area contributed by atoms with Crippen LogP contribution in [0.4, 0.5) is 18.9 Å². The zero-order chi connectivity index (χ0) is 19.4. The number of rotatable bonds is 6. The number of amides is 1. The van der Waals surface area contributed by atoms with E-state index in [2.05, 4.69) is 0 Å². The Bertz CT molecular complexity index is 902. The minimum atomic E-state index is -4.49. The van der Waals surface area contributed by atoms with E-state index in [1.807, 2.05) is 42.5 Å². The number of furan rings is 1. The molecule has 0 unspecified atom stereocenters. The van der Waals surface area contributed by atoms with E-state index in [1.54, 1.807) is 24.1 Å². The lowest BCUT2D eigenvalue weighted by Gasteiger charge is -2.27. The average molecular weight is 376 g/mol. The molecule has 0 aliphatic carbocycles. The molecule has 7 heteroatoms. The molecule has 1 heterocycles. The number of hydrogen-bond acceptors (Lipinski definition) is 3. The quantitative estimate of drug-likeness (QED) is 0.637. The largest absolute Gasteiger partial charge is 0.467 e. The van der Waals surface area contributed by atoms with E-state index in [1.165, 1.54) is 6.26 Å². The van der Waals surface area contributed by atoms with Crippen LogP contribution in [-0.2, 0) is 11.3 Å². The Morgan fingerprint density at radius 3 is 2.48 bits per heavy atom. The Balaban J connectivity index is 1.79. The van der Waals surface area contributed by atoms with Crippen LogP contribution in [-0.4, -0.2) is 37.1 Å². The summed E-state index contributed by atoms with van der Waals surface area (Å²) in [5.74, 6) is -0.320. The number of carbonyl (C=O) groups excluding carboxylic acids is 1. The second-order valence-corrected chi connectivity index (χ2v) is 6.30. The number of benzene rings is 2. The highest BCUT2D eigenvalue weighted by Gasteiger charge is 2.33. The zero-order valence-electron chi connectivity index (χ0n) is 14.7. The first kappa shape index (κ1) is 18.8. The smallest absolute Gasteiger partial charge is 0.406 e. The van der Waals surface area contributed by atoms with Crippen LogP contribution in [0.25, 0.3) is 10.8 Å². The highest BCUT2D eigenvalue weighted by Crippen LogP contribution is 2.26. The number of alkyl halides is 3. The number of halogens is 3. The van der Waals surface area contributed by atoms with Gasteiger partial charge in [0.05, 0.1) is 19.4 Å². The molecule has 27 heavy (non-hydrogen) atoms. The lowest BCUT2D eigenvalue weighted by molar-refractivity contribution is -0.161. The molecule has 0 spiro atoms. The summed E-state index contributed by atoms with van der Waals surface area (Å²) in [6.07, 6.45) is -3.12. The van der Waals surface area contributed by atoms with Crippen LogP contribution < -0.4 is 4.90 Å². The maximum absolute atomic E-state index is 12.9. The fraction of sp³-hybridized carbons (Fsp3) is 0.250. The summed E-state index contributed by atoms with van der Waals surface area (Å²) >= 11 is 0. The minimum Gasteiger partial charge on any atom is -0.467 e. The number of fused-ring (bicyclic) bond motifs is 1. The van der Waals surface area contributed by atoms with E-state index in [4.69, 9.17) is 4.42 Å². The molecule has 1 aromatic heterocycles. The molecule has 0 bridgehead atoms. The Labute approximate surface area is 154 Å². The van der Waals surface area contributed by atoms with Crippen molar-refractivity contribution in [1.29, 1.82) is 0 Å². The molecule has 2 aromatic carbocycles. The molecule has 0 aliphatic rings. The standard InChI is InChI=1S/C20H19F3N2O2/c1-24(18-10-4-7-15-6-2-3-9-17(15)18)13-19(26)25(14-20(21,22)23)12-16-8-5-11-27-16/h2-11H,12-14H2,1H3. The summed E-state index contributed by atoms with van der Waals surface area (Å²) in [7, 11) is 1.69. The molecule has 0 fully saturated rings. The molecule has 1 amide bonds. The molecule has 0 aliphatic heterocycles. The Hall–Kier alpha value is -2.96. The summed E-state index contributed by atoms with van der Waals surface area (Å²) in [4.78, 5) is 15.0. The van der Waals surface area contributed by atoms with Gasteiger partial charge in [0.2, 0.25) is 5.91 Å². The van der Waals surface area contributed by atoms with E-state index in [-0.39, 0.29) is 13.1 Å². The van der Waals surface area contributed by atoms with Gasteiger partial charge in [-0.05, 0) is 23.6 Å². The average Bonchev–Trinajstić information content (AvgIpc) is 3.12. The van der Waals surface area contributed by atoms with Gasteiger partial charge in [-0.2, -0.15) is 13.2 Å². The first-order valence-electron chi connectivity index (χ1n) is 8.39. The first-order valence-corrected chi connectivity index (χ1v) is 8.39. The van der Waals surface area contributed by atoms with Gasteiger partial charge in [0, 0.05) is 18.1 Å². The predicted octanol–water partition coefficient (Wildman–Crippen LogP) is 4.46. The van der Waals surface area contributed by atoms with Gasteiger partial charge >= 0.3 is 6.18 Å². The molecule has 0 saturated carbocycles. The van der Waals surface area contributed by atoms with Crippen LogP contribution in [0.2, 0.25) is 0 Å².